The van der Waals surface area contributed by atoms with Crippen molar-refractivity contribution in [2.75, 3.05) is 5.01 Å². The van der Waals surface area contributed by atoms with Crippen molar-refractivity contribution in [3.05, 3.63) is 98.9 Å². The number of amides is 1. The van der Waals surface area contributed by atoms with Gasteiger partial charge < -0.3 is 0 Å². The van der Waals surface area contributed by atoms with E-state index >= 15 is 0 Å². The Hall–Kier alpha value is -4.09. The number of rotatable bonds is 5. The summed E-state index contributed by atoms with van der Waals surface area (Å²) in [6.07, 6.45) is 1.39. The zero-order chi connectivity index (χ0) is 23.8. The van der Waals surface area contributed by atoms with Crippen molar-refractivity contribution >= 4 is 65.9 Å². The monoisotopic (exact) mass is 494 g/mol. The number of benzene rings is 3. The fourth-order valence-electron chi connectivity index (χ4n) is 3.19. The summed E-state index contributed by atoms with van der Waals surface area (Å²) in [4.78, 5) is 28.8. The summed E-state index contributed by atoms with van der Waals surface area (Å²) < 4.78 is 28.1. The van der Waals surface area contributed by atoms with Crippen LogP contribution in [0.2, 0.25) is 0 Å². The fraction of sp³-hybridized carbons (Fsp3) is 0. The maximum atomic E-state index is 13.7. The third-order valence-electron chi connectivity index (χ3n) is 4.83. The van der Waals surface area contributed by atoms with E-state index in [1.807, 2.05) is 0 Å². The van der Waals surface area contributed by atoms with Crippen LogP contribution >= 0.6 is 22.7 Å². The summed E-state index contributed by atoms with van der Waals surface area (Å²) in [7, 11) is 0. The van der Waals surface area contributed by atoms with E-state index in [2.05, 4.69) is 10.1 Å². The maximum absolute atomic E-state index is 13.7. The van der Waals surface area contributed by atoms with Crippen LogP contribution in [0.4, 0.5) is 19.6 Å². The SMILES string of the molecule is O=C(c1cc2cc([N+](=O)[O-])ccc2s1)N(/N=C/c1ccc(F)cc1)c1nc2ccc(F)cc2s1. The van der Waals surface area contributed by atoms with Crippen molar-refractivity contribution in [3.8, 4) is 0 Å². The first-order chi connectivity index (χ1) is 16.4. The van der Waals surface area contributed by atoms with Crippen molar-refractivity contribution in [3.63, 3.8) is 0 Å². The van der Waals surface area contributed by atoms with Crippen molar-refractivity contribution in [1.29, 1.82) is 0 Å². The van der Waals surface area contributed by atoms with Crippen LogP contribution in [0.15, 0.2) is 71.8 Å². The molecule has 2 aromatic heterocycles. The number of thiophene rings is 1. The Balaban J connectivity index is 1.57. The third-order valence-corrected chi connectivity index (χ3v) is 6.92. The van der Waals surface area contributed by atoms with Gasteiger partial charge in [0.25, 0.3) is 11.6 Å². The van der Waals surface area contributed by atoms with Gasteiger partial charge in [-0.25, -0.2) is 13.8 Å². The molecule has 7 nitrogen and oxygen atoms in total. The highest BCUT2D eigenvalue weighted by Crippen LogP contribution is 2.34. The first-order valence-electron chi connectivity index (χ1n) is 9.75. The van der Waals surface area contributed by atoms with Crippen LogP contribution in [0.25, 0.3) is 20.3 Å². The zero-order valence-electron chi connectivity index (χ0n) is 17.0. The van der Waals surface area contributed by atoms with Gasteiger partial charge in [0, 0.05) is 22.2 Å². The normalized spacial score (nSPS) is 11.5. The molecule has 0 spiro atoms. The van der Waals surface area contributed by atoms with Crippen LogP contribution in [0.1, 0.15) is 15.2 Å². The Morgan fingerprint density at radius 3 is 2.50 bits per heavy atom. The number of carbonyl (C=O) groups is 1. The van der Waals surface area contributed by atoms with E-state index in [0.29, 0.717) is 25.9 Å². The molecule has 0 saturated carbocycles. The number of non-ortho nitro benzene ring substituents is 1. The second-order valence-electron chi connectivity index (χ2n) is 7.11. The quantitative estimate of drug-likeness (QED) is 0.161. The van der Waals surface area contributed by atoms with Crippen molar-refractivity contribution in [2.24, 2.45) is 5.10 Å². The summed E-state index contributed by atoms with van der Waals surface area (Å²) >= 11 is 2.25. The second-order valence-corrected chi connectivity index (χ2v) is 9.20. The minimum Gasteiger partial charge on any atom is -0.266 e. The maximum Gasteiger partial charge on any atom is 0.290 e. The number of anilines is 1. The van der Waals surface area contributed by atoms with Gasteiger partial charge in [-0.1, -0.05) is 23.5 Å². The summed E-state index contributed by atoms with van der Waals surface area (Å²) in [5, 5.41) is 17.2. The lowest BCUT2D eigenvalue weighted by molar-refractivity contribution is -0.384. The van der Waals surface area contributed by atoms with Gasteiger partial charge in [0.05, 0.1) is 26.2 Å². The minimum absolute atomic E-state index is 0.0799. The summed E-state index contributed by atoms with van der Waals surface area (Å²) in [5.41, 5.74) is 0.977. The highest BCUT2D eigenvalue weighted by Gasteiger charge is 2.23. The van der Waals surface area contributed by atoms with Crippen molar-refractivity contribution in [1.82, 2.24) is 4.98 Å². The standard InChI is InChI=1S/C23H12F2N4O3S2/c24-15-3-1-13(2-4-15)12-26-28(23-27-18-7-5-16(25)11-20(18)34-23)22(30)21-10-14-9-17(29(31)32)6-8-19(14)33-21/h1-12H/b26-12+. The number of aromatic nitrogens is 1. The van der Waals surface area contributed by atoms with E-state index in [9.17, 15) is 23.7 Å². The average molecular weight is 495 g/mol. The van der Waals surface area contributed by atoms with Gasteiger partial charge in [0.2, 0.25) is 5.13 Å². The Labute approximate surface area is 198 Å². The Kier molecular flexibility index (Phi) is 5.56. The van der Waals surface area contributed by atoms with Gasteiger partial charge in [-0.2, -0.15) is 10.1 Å². The topological polar surface area (TPSA) is 88.7 Å². The summed E-state index contributed by atoms with van der Waals surface area (Å²) in [6.45, 7) is 0. The predicted molar refractivity (Wildman–Crippen MR) is 129 cm³/mol. The van der Waals surface area contributed by atoms with Gasteiger partial charge in [0.1, 0.15) is 11.6 Å². The van der Waals surface area contributed by atoms with Crippen LogP contribution in [0, 0.1) is 21.7 Å². The van der Waals surface area contributed by atoms with Crippen LogP contribution in [0.3, 0.4) is 0 Å². The highest BCUT2D eigenvalue weighted by atomic mass is 32.1. The molecule has 0 N–H and O–H groups in total. The predicted octanol–water partition coefficient (Wildman–Crippen LogP) is 6.38. The number of nitro benzene ring substituents is 1. The molecule has 5 rings (SSSR count). The van der Waals surface area contributed by atoms with E-state index in [1.54, 1.807) is 12.1 Å². The molecule has 5 aromatic rings. The molecule has 34 heavy (non-hydrogen) atoms. The molecule has 0 atom stereocenters. The van der Waals surface area contributed by atoms with Crippen LogP contribution in [0.5, 0.6) is 0 Å². The molecule has 0 unspecified atom stereocenters. The fourth-order valence-corrected chi connectivity index (χ4v) is 5.11. The molecule has 0 bridgehead atoms. The highest BCUT2D eigenvalue weighted by molar-refractivity contribution is 7.23. The molecule has 0 aliphatic carbocycles. The van der Waals surface area contributed by atoms with Gasteiger partial charge in [-0.3, -0.25) is 14.9 Å². The van der Waals surface area contributed by atoms with Crippen molar-refractivity contribution < 1.29 is 18.5 Å². The lowest BCUT2D eigenvalue weighted by Crippen LogP contribution is -2.24. The number of fused-ring (bicyclic) bond motifs is 2. The smallest absolute Gasteiger partial charge is 0.266 e. The van der Waals surface area contributed by atoms with E-state index in [1.165, 1.54) is 60.8 Å². The molecule has 11 heteroatoms. The Bertz CT molecular complexity index is 1600. The van der Waals surface area contributed by atoms with Gasteiger partial charge in [-0.05, 0) is 48.0 Å². The second kappa shape index (κ2) is 8.69. The molecular formula is C23H12F2N4O3S2. The molecule has 0 fully saturated rings. The first-order valence-corrected chi connectivity index (χ1v) is 11.4. The number of hydrogen-bond acceptors (Lipinski definition) is 7. The molecule has 0 aliphatic heterocycles. The Morgan fingerprint density at radius 1 is 0.971 bits per heavy atom. The first kappa shape index (κ1) is 21.7. The molecule has 168 valence electrons. The molecule has 0 saturated heterocycles. The third kappa shape index (κ3) is 4.26. The van der Waals surface area contributed by atoms with Crippen LogP contribution in [-0.4, -0.2) is 22.0 Å². The lowest BCUT2D eigenvalue weighted by atomic mass is 10.2. The van der Waals surface area contributed by atoms with E-state index in [-0.39, 0.29) is 15.7 Å². The average Bonchev–Trinajstić information content (AvgIpc) is 3.43. The molecule has 0 radical (unpaired) electrons. The molecule has 0 aliphatic rings. The number of hydrogen-bond donors (Lipinski definition) is 0. The number of nitro groups is 1. The lowest BCUT2D eigenvalue weighted by Gasteiger charge is -2.12. The Morgan fingerprint density at radius 2 is 1.74 bits per heavy atom. The van der Waals surface area contributed by atoms with Crippen LogP contribution < -0.4 is 5.01 Å². The zero-order valence-corrected chi connectivity index (χ0v) is 18.6. The number of halogens is 2. The number of hydrazone groups is 1. The van der Waals surface area contributed by atoms with E-state index in [0.717, 1.165) is 27.7 Å². The van der Waals surface area contributed by atoms with Gasteiger partial charge >= 0.3 is 0 Å². The van der Waals surface area contributed by atoms with Crippen molar-refractivity contribution in [2.45, 2.75) is 0 Å². The summed E-state index contributed by atoms with van der Waals surface area (Å²) in [6, 6.07) is 15.6. The van der Waals surface area contributed by atoms with E-state index < -0.39 is 22.5 Å². The van der Waals surface area contributed by atoms with Gasteiger partial charge in [0.15, 0.2) is 0 Å². The molecule has 3 aromatic carbocycles. The number of nitrogens with zero attached hydrogens (tertiary/aromatic N) is 4. The minimum atomic E-state index is -0.512. The molecule has 2 heterocycles. The van der Waals surface area contributed by atoms with Gasteiger partial charge in [-0.15, -0.1) is 11.3 Å². The van der Waals surface area contributed by atoms with Crippen LogP contribution in [-0.2, 0) is 0 Å². The summed E-state index contributed by atoms with van der Waals surface area (Å²) in [5.74, 6) is -1.35. The number of carbonyl (C=O) groups excluding carboxylic acids is 1. The molecular weight excluding hydrogens is 482 g/mol. The van der Waals surface area contributed by atoms with E-state index in [4.69, 9.17) is 0 Å². The molecule has 1 amide bonds. The largest absolute Gasteiger partial charge is 0.290 e. The number of thiazole rings is 1.